The van der Waals surface area contributed by atoms with Gasteiger partial charge in [0.25, 0.3) is 0 Å². The van der Waals surface area contributed by atoms with Crippen LogP contribution in [-0.2, 0) is 6.54 Å². The number of carbonyl (C=O) groups excluding carboxylic acids is 1. The quantitative estimate of drug-likeness (QED) is 0.591. The number of carbonyl (C=O) groups is 1. The molecule has 160 valence electrons. The second kappa shape index (κ2) is 9.44. The molecule has 2 aromatic carbocycles. The van der Waals surface area contributed by atoms with Crippen molar-refractivity contribution in [3.05, 3.63) is 83.0 Å². The van der Waals surface area contributed by atoms with Gasteiger partial charge in [-0.25, -0.2) is 14.6 Å². The van der Waals surface area contributed by atoms with Crippen LogP contribution in [0.4, 0.5) is 21.9 Å². The summed E-state index contributed by atoms with van der Waals surface area (Å²) >= 11 is 0. The van der Waals surface area contributed by atoms with Crippen LogP contribution in [0.2, 0.25) is 0 Å². The fourth-order valence-corrected chi connectivity index (χ4v) is 3.62. The van der Waals surface area contributed by atoms with E-state index in [2.05, 4.69) is 20.5 Å². The van der Waals surface area contributed by atoms with Crippen LogP contribution in [0.5, 0.6) is 0 Å². The van der Waals surface area contributed by atoms with Crippen molar-refractivity contribution < 1.29 is 9.90 Å². The van der Waals surface area contributed by atoms with Crippen molar-refractivity contribution in [3.63, 3.8) is 0 Å². The minimum absolute atomic E-state index is 0.204. The Hall–Kier alpha value is -3.65. The van der Waals surface area contributed by atoms with Gasteiger partial charge in [0.15, 0.2) is 0 Å². The zero-order chi connectivity index (χ0) is 21.6. The topological polar surface area (TPSA) is 99.5 Å². The van der Waals surface area contributed by atoms with E-state index in [4.69, 9.17) is 0 Å². The largest absolute Gasteiger partial charge is 0.393 e. The van der Waals surface area contributed by atoms with Crippen molar-refractivity contribution in [1.29, 1.82) is 0 Å². The molecule has 0 bridgehead atoms. The number of hydrogen-bond donors (Lipinski definition) is 3. The Kier molecular flexibility index (Phi) is 6.28. The molecule has 0 radical (unpaired) electrons. The number of hydrogen-bond acceptors (Lipinski definition) is 5. The minimum atomic E-state index is -0.343. The lowest BCUT2D eigenvalue weighted by Crippen LogP contribution is -2.35. The number of amides is 2. The number of piperidine rings is 1. The van der Waals surface area contributed by atoms with Crippen LogP contribution in [-0.4, -0.2) is 39.9 Å². The molecule has 4 rings (SSSR count). The van der Waals surface area contributed by atoms with Crippen LogP contribution in [0.3, 0.4) is 0 Å². The van der Waals surface area contributed by atoms with E-state index in [1.165, 1.54) is 10.8 Å². The van der Waals surface area contributed by atoms with Crippen molar-refractivity contribution in [1.82, 2.24) is 9.55 Å². The summed E-state index contributed by atoms with van der Waals surface area (Å²) in [6.07, 6.45) is 4.49. The zero-order valence-electron chi connectivity index (χ0n) is 17.1. The third-order valence-corrected chi connectivity index (χ3v) is 5.28. The van der Waals surface area contributed by atoms with Crippen LogP contribution in [0.15, 0.2) is 71.8 Å². The van der Waals surface area contributed by atoms with Gasteiger partial charge in [-0.15, -0.1) is 0 Å². The summed E-state index contributed by atoms with van der Waals surface area (Å²) in [5.41, 5.74) is 2.97. The van der Waals surface area contributed by atoms with Crippen molar-refractivity contribution >= 4 is 23.1 Å². The molecule has 1 aliphatic rings. The van der Waals surface area contributed by atoms with Gasteiger partial charge in [-0.2, -0.15) is 0 Å². The van der Waals surface area contributed by atoms with Crippen LogP contribution in [0, 0.1) is 0 Å². The molecule has 2 heterocycles. The molecule has 0 spiro atoms. The molecule has 1 fully saturated rings. The second-order valence-corrected chi connectivity index (χ2v) is 7.57. The average Bonchev–Trinajstić information content (AvgIpc) is 2.77. The van der Waals surface area contributed by atoms with Crippen LogP contribution < -0.4 is 21.2 Å². The molecule has 2 amide bonds. The van der Waals surface area contributed by atoms with E-state index in [9.17, 15) is 14.7 Å². The van der Waals surface area contributed by atoms with E-state index in [1.54, 1.807) is 18.3 Å². The number of nitrogens with one attached hydrogen (secondary N) is 2. The number of anilines is 3. The molecule has 8 heteroatoms. The summed E-state index contributed by atoms with van der Waals surface area (Å²) in [5, 5.41) is 15.3. The fraction of sp³-hybridized carbons (Fsp3) is 0.261. The monoisotopic (exact) mass is 419 g/mol. The van der Waals surface area contributed by atoms with Gasteiger partial charge in [-0.3, -0.25) is 4.57 Å². The number of nitrogens with zero attached hydrogens (tertiary/aromatic N) is 3. The van der Waals surface area contributed by atoms with Crippen LogP contribution in [0.1, 0.15) is 18.4 Å². The first-order valence-electron chi connectivity index (χ1n) is 10.3. The predicted molar refractivity (Wildman–Crippen MR) is 121 cm³/mol. The highest BCUT2D eigenvalue weighted by molar-refractivity contribution is 5.99. The number of benzene rings is 2. The molecule has 31 heavy (non-hydrogen) atoms. The molecule has 1 aliphatic heterocycles. The molecule has 1 aromatic heterocycles. The lowest BCUT2D eigenvalue weighted by atomic mass is 10.1. The third-order valence-electron chi connectivity index (χ3n) is 5.28. The summed E-state index contributed by atoms with van der Waals surface area (Å²) in [6.45, 7) is 2.03. The lowest BCUT2D eigenvalue weighted by Gasteiger charge is -2.31. The van der Waals surface area contributed by atoms with Crippen LogP contribution in [0.25, 0.3) is 0 Å². The maximum Gasteiger partial charge on any atom is 0.347 e. The number of aliphatic hydroxyl groups is 1. The Morgan fingerprint density at radius 2 is 1.77 bits per heavy atom. The molecule has 0 saturated carbocycles. The number of urea groups is 1. The van der Waals surface area contributed by atoms with Gasteiger partial charge >= 0.3 is 11.7 Å². The minimum Gasteiger partial charge on any atom is -0.393 e. The summed E-state index contributed by atoms with van der Waals surface area (Å²) < 4.78 is 1.50. The number of aliphatic hydroxyl groups excluding tert-OH is 1. The first kappa shape index (κ1) is 20.6. The van der Waals surface area contributed by atoms with E-state index in [0.717, 1.165) is 37.2 Å². The van der Waals surface area contributed by atoms with Crippen molar-refractivity contribution in [2.45, 2.75) is 25.5 Å². The molecule has 1 saturated heterocycles. The Morgan fingerprint density at radius 3 is 2.52 bits per heavy atom. The van der Waals surface area contributed by atoms with Crippen molar-refractivity contribution in [2.75, 3.05) is 28.6 Å². The van der Waals surface area contributed by atoms with Gasteiger partial charge in [0.2, 0.25) is 0 Å². The highest BCUT2D eigenvalue weighted by Gasteiger charge is 2.17. The normalized spacial score (nSPS) is 14.3. The third kappa shape index (κ3) is 5.49. The van der Waals surface area contributed by atoms with Crippen molar-refractivity contribution in [2.24, 2.45) is 0 Å². The zero-order valence-corrected chi connectivity index (χ0v) is 17.1. The number of aromatic nitrogens is 2. The Morgan fingerprint density at radius 1 is 1.03 bits per heavy atom. The smallest absolute Gasteiger partial charge is 0.347 e. The van der Waals surface area contributed by atoms with Gasteiger partial charge in [0, 0.05) is 42.5 Å². The molecule has 8 nitrogen and oxygen atoms in total. The maximum absolute atomic E-state index is 12.4. The second-order valence-electron chi connectivity index (χ2n) is 7.57. The van der Waals surface area contributed by atoms with Gasteiger partial charge in [0.1, 0.15) is 0 Å². The van der Waals surface area contributed by atoms with Gasteiger partial charge in [-0.05, 0) is 60.9 Å². The van der Waals surface area contributed by atoms with E-state index in [-0.39, 0.29) is 17.8 Å². The summed E-state index contributed by atoms with van der Waals surface area (Å²) in [6, 6.07) is 16.4. The lowest BCUT2D eigenvalue weighted by molar-refractivity contribution is 0.145. The summed E-state index contributed by atoms with van der Waals surface area (Å²) in [7, 11) is 0. The van der Waals surface area contributed by atoms with E-state index < -0.39 is 0 Å². The molecule has 3 aromatic rings. The highest BCUT2D eigenvalue weighted by atomic mass is 16.3. The molecular weight excluding hydrogens is 394 g/mol. The highest BCUT2D eigenvalue weighted by Crippen LogP contribution is 2.22. The van der Waals surface area contributed by atoms with Gasteiger partial charge in [-0.1, -0.05) is 12.1 Å². The first-order chi connectivity index (χ1) is 15.1. The molecule has 3 N–H and O–H groups in total. The summed E-state index contributed by atoms with van der Waals surface area (Å²) in [4.78, 5) is 30.2. The fourth-order valence-electron chi connectivity index (χ4n) is 3.62. The summed E-state index contributed by atoms with van der Waals surface area (Å²) in [5.74, 6) is 0. The van der Waals surface area contributed by atoms with E-state index >= 15 is 0 Å². The molecule has 0 unspecified atom stereocenters. The maximum atomic E-state index is 12.4. The Balaban J connectivity index is 1.34. The standard InChI is InChI=1S/C23H25N5O3/c29-21-9-13-27(14-10-21)20-7-5-18(6-8-20)25-22(30)26-19-4-1-3-17(15-19)16-28-12-2-11-24-23(28)31/h1-8,11-12,15,21,29H,9-10,13-14,16H2,(H2,25,26,30). The molecule has 0 atom stereocenters. The SMILES string of the molecule is O=C(Nc1ccc(N2CCC(O)CC2)cc1)Nc1cccc(Cn2cccnc2=O)c1. The van der Waals surface area contributed by atoms with Crippen LogP contribution >= 0.6 is 0 Å². The van der Waals surface area contributed by atoms with Crippen molar-refractivity contribution in [3.8, 4) is 0 Å². The predicted octanol–water partition coefficient (Wildman–Crippen LogP) is 2.90. The Labute approximate surface area is 180 Å². The van der Waals surface area contributed by atoms with E-state index in [0.29, 0.717) is 17.9 Å². The molecule has 0 aliphatic carbocycles. The first-order valence-corrected chi connectivity index (χ1v) is 10.3. The van der Waals surface area contributed by atoms with Gasteiger partial charge < -0.3 is 20.6 Å². The molecular formula is C23H25N5O3. The van der Waals surface area contributed by atoms with Gasteiger partial charge in [0.05, 0.1) is 12.6 Å². The van der Waals surface area contributed by atoms with E-state index in [1.807, 2.05) is 42.5 Å². The average molecular weight is 419 g/mol. The number of rotatable bonds is 5. The Bertz CT molecular complexity index is 1090.